The number of fused-ring (bicyclic) bond motifs is 1. The highest BCUT2D eigenvalue weighted by molar-refractivity contribution is 5.75. The molecule has 0 radical (unpaired) electrons. The van der Waals surface area contributed by atoms with Gasteiger partial charge in [-0.1, -0.05) is 6.07 Å². The van der Waals surface area contributed by atoms with E-state index >= 15 is 0 Å². The van der Waals surface area contributed by atoms with Crippen molar-refractivity contribution in [2.45, 2.75) is 12.8 Å². The van der Waals surface area contributed by atoms with Gasteiger partial charge in [0, 0.05) is 32.1 Å². The van der Waals surface area contributed by atoms with Gasteiger partial charge in [0.25, 0.3) is 0 Å². The van der Waals surface area contributed by atoms with Crippen LogP contribution in [0.1, 0.15) is 12.0 Å². The quantitative estimate of drug-likeness (QED) is 0.855. The van der Waals surface area contributed by atoms with Gasteiger partial charge in [0.15, 0.2) is 0 Å². The Labute approximate surface area is 119 Å². The number of nitrogens with one attached hydrogen (secondary N) is 1. The molecule has 20 heavy (non-hydrogen) atoms. The van der Waals surface area contributed by atoms with Gasteiger partial charge >= 0.3 is 0 Å². The molecule has 2 rings (SSSR count). The van der Waals surface area contributed by atoms with Gasteiger partial charge in [-0.15, -0.1) is 0 Å². The summed E-state index contributed by atoms with van der Waals surface area (Å²) >= 11 is 0. The van der Waals surface area contributed by atoms with E-state index in [9.17, 15) is 4.79 Å². The second-order valence-electron chi connectivity index (χ2n) is 4.90. The van der Waals surface area contributed by atoms with Gasteiger partial charge in [0.05, 0.1) is 20.3 Å². The third kappa shape index (κ3) is 3.87. The Morgan fingerprint density at radius 2 is 2.30 bits per heavy atom. The van der Waals surface area contributed by atoms with Crippen LogP contribution in [0.5, 0.6) is 11.5 Å². The molecule has 0 spiro atoms. The number of rotatable bonds is 6. The molecule has 0 saturated carbocycles. The van der Waals surface area contributed by atoms with Crippen molar-refractivity contribution in [3.63, 3.8) is 0 Å². The lowest BCUT2D eigenvalue weighted by Crippen LogP contribution is -2.35. The highest BCUT2D eigenvalue weighted by Gasteiger charge is 2.20. The molecule has 0 saturated heterocycles. The van der Waals surface area contributed by atoms with E-state index in [1.165, 1.54) is 0 Å². The van der Waals surface area contributed by atoms with Crippen LogP contribution in [0.25, 0.3) is 0 Å². The minimum absolute atomic E-state index is 0.0207. The number of carbonyl (C=O) groups excluding carboxylic acids is 1. The molecular weight excluding hydrogens is 258 g/mol. The van der Waals surface area contributed by atoms with Crippen LogP contribution in [0.3, 0.4) is 0 Å². The van der Waals surface area contributed by atoms with Crippen LogP contribution in [0.2, 0.25) is 0 Å². The van der Waals surface area contributed by atoms with E-state index in [2.05, 4.69) is 5.32 Å². The average molecular weight is 279 g/mol. The predicted molar refractivity (Wildman–Crippen MR) is 75.2 cm³/mol. The zero-order chi connectivity index (χ0) is 14.4. The number of hydrogen-bond donors (Lipinski definition) is 1. The average Bonchev–Trinajstić information content (AvgIpc) is 2.50. The lowest BCUT2D eigenvalue weighted by Gasteiger charge is -2.25. The molecule has 1 aliphatic rings. The van der Waals surface area contributed by atoms with Crippen molar-refractivity contribution >= 4 is 5.91 Å². The number of benzene rings is 1. The van der Waals surface area contributed by atoms with Gasteiger partial charge in [0.1, 0.15) is 11.5 Å². The van der Waals surface area contributed by atoms with Gasteiger partial charge in [-0.2, -0.15) is 0 Å². The molecule has 110 valence electrons. The highest BCUT2D eigenvalue weighted by atomic mass is 16.5. The molecule has 1 aromatic carbocycles. The molecular formula is C15H21NO4. The number of amides is 1. The molecule has 1 amide bonds. The van der Waals surface area contributed by atoms with Crippen LogP contribution in [0, 0.1) is 5.92 Å². The number of hydrogen-bond acceptors (Lipinski definition) is 4. The van der Waals surface area contributed by atoms with Gasteiger partial charge in [-0.05, 0) is 18.1 Å². The molecule has 1 aliphatic heterocycles. The van der Waals surface area contributed by atoms with Crippen molar-refractivity contribution in [2.24, 2.45) is 5.92 Å². The van der Waals surface area contributed by atoms with Gasteiger partial charge in [0.2, 0.25) is 5.91 Å². The maximum atomic E-state index is 11.5. The summed E-state index contributed by atoms with van der Waals surface area (Å²) in [7, 11) is 3.23. The van der Waals surface area contributed by atoms with Crippen LogP contribution in [-0.2, 0) is 16.0 Å². The summed E-state index contributed by atoms with van der Waals surface area (Å²) in [6.45, 7) is 1.70. The van der Waals surface area contributed by atoms with Crippen LogP contribution in [0.4, 0.5) is 0 Å². The van der Waals surface area contributed by atoms with Gasteiger partial charge in [-0.25, -0.2) is 0 Å². The van der Waals surface area contributed by atoms with E-state index in [1.807, 2.05) is 18.2 Å². The van der Waals surface area contributed by atoms with Crippen molar-refractivity contribution in [2.75, 3.05) is 34.0 Å². The molecule has 1 N–H and O–H groups in total. The second kappa shape index (κ2) is 7.14. The van der Waals surface area contributed by atoms with Crippen LogP contribution >= 0.6 is 0 Å². The Bertz CT molecular complexity index is 461. The molecule has 0 aliphatic carbocycles. The van der Waals surface area contributed by atoms with E-state index in [0.717, 1.165) is 23.5 Å². The van der Waals surface area contributed by atoms with Crippen molar-refractivity contribution in [3.8, 4) is 11.5 Å². The topological polar surface area (TPSA) is 56.8 Å². The minimum atomic E-state index is 0.0207. The monoisotopic (exact) mass is 279 g/mol. The van der Waals surface area contributed by atoms with E-state index < -0.39 is 0 Å². The summed E-state index contributed by atoms with van der Waals surface area (Å²) < 4.78 is 15.8. The zero-order valence-corrected chi connectivity index (χ0v) is 12.0. The van der Waals surface area contributed by atoms with E-state index in [-0.39, 0.29) is 5.91 Å². The fraction of sp³-hybridized carbons (Fsp3) is 0.533. The maximum absolute atomic E-state index is 11.5. The van der Waals surface area contributed by atoms with Crippen LogP contribution < -0.4 is 14.8 Å². The SMILES string of the molecule is COCCC(=O)NC[C@@H]1COc2cc(OC)ccc2C1. The second-order valence-corrected chi connectivity index (χ2v) is 4.90. The normalized spacial score (nSPS) is 17.0. The van der Waals surface area contributed by atoms with Crippen molar-refractivity contribution in [1.82, 2.24) is 5.32 Å². The lowest BCUT2D eigenvalue weighted by atomic mass is 9.96. The molecule has 1 atom stereocenters. The third-order valence-corrected chi connectivity index (χ3v) is 3.38. The fourth-order valence-electron chi connectivity index (χ4n) is 2.21. The van der Waals surface area contributed by atoms with Crippen LogP contribution in [-0.4, -0.2) is 39.9 Å². The van der Waals surface area contributed by atoms with E-state index in [0.29, 0.717) is 32.1 Å². The van der Waals surface area contributed by atoms with Gasteiger partial charge in [-0.3, -0.25) is 4.79 Å². The Kier molecular flexibility index (Phi) is 5.24. The van der Waals surface area contributed by atoms with Crippen molar-refractivity contribution < 1.29 is 19.0 Å². The molecule has 1 heterocycles. The Morgan fingerprint density at radius 1 is 1.45 bits per heavy atom. The molecule has 0 bridgehead atoms. The minimum Gasteiger partial charge on any atom is -0.497 e. The molecule has 0 fully saturated rings. The third-order valence-electron chi connectivity index (χ3n) is 3.38. The first-order chi connectivity index (χ1) is 9.72. The molecule has 1 aromatic rings. The first kappa shape index (κ1) is 14.7. The Morgan fingerprint density at radius 3 is 3.05 bits per heavy atom. The summed E-state index contributed by atoms with van der Waals surface area (Å²) in [4.78, 5) is 11.5. The number of carbonyl (C=O) groups is 1. The van der Waals surface area contributed by atoms with Crippen LogP contribution in [0.15, 0.2) is 18.2 Å². The standard InChI is InChI=1S/C15H21NO4/c1-18-6-5-15(17)16-9-11-7-12-3-4-13(19-2)8-14(12)20-10-11/h3-4,8,11H,5-7,9-10H2,1-2H3,(H,16,17)/t11-/m1/s1. The largest absolute Gasteiger partial charge is 0.497 e. The maximum Gasteiger partial charge on any atom is 0.222 e. The fourth-order valence-corrected chi connectivity index (χ4v) is 2.21. The molecule has 0 aromatic heterocycles. The van der Waals surface area contributed by atoms with Gasteiger partial charge < -0.3 is 19.5 Å². The number of methoxy groups -OCH3 is 2. The molecule has 5 heteroatoms. The summed E-state index contributed by atoms with van der Waals surface area (Å²) in [6.07, 6.45) is 1.31. The summed E-state index contributed by atoms with van der Waals surface area (Å²) in [5.41, 5.74) is 1.16. The Balaban J connectivity index is 1.83. The first-order valence-electron chi connectivity index (χ1n) is 6.78. The molecule has 0 unspecified atom stereocenters. The highest BCUT2D eigenvalue weighted by Crippen LogP contribution is 2.30. The zero-order valence-electron chi connectivity index (χ0n) is 12.0. The van der Waals surface area contributed by atoms with E-state index in [1.54, 1.807) is 14.2 Å². The first-order valence-corrected chi connectivity index (χ1v) is 6.78. The van der Waals surface area contributed by atoms with E-state index in [4.69, 9.17) is 14.2 Å². The summed E-state index contributed by atoms with van der Waals surface area (Å²) in [5.74, 6) is 2.01. The number of ether oxygens (including phenoxy) is 3. The summed E-state index contributed by atoms with van der Waals surface area (Å²) in [6, 6.07) is 5.86. The summed E-state index contributed by atoms with van der Waals surface area (Å²) in [5, 5.41) is 2.92. The Hall–Kier alpha value is -1.75. The smallest absolute Gasteiger partial charge is 0.222 e. The predicted octanol–water partition coefficient (Wildman–Crippen LogP) is 1.40. The van der Waals surface area contributed by atoms with Crippen molar-refractivity contribution in [1.29, 1.82) is 0 Å². The molecule has 5 nitrogen and oxygen atoms in total. The lowest BCUT2D eigenvalue weighted by molar-refractivity contribution is -0.122. The van der Waals surface area contributed by atoms with Crippen molar-refractivity contribution in [3.05, 3.63) is 23.8 Å².